The Morgan fingerprint density at radius 1 is 1.27 bits per heavy atom. The number of thiophene rings is 1. The number of nitrogens with zero attached hydrogens (tertiary/aromatic N) is 2. The van der Waals surface area contributed by atoms with E-state index >= 15 is 0 Å². The molecule has 0 amide bonds. The molecule has 1 atom stereocenters. The second kappa shape index (κ2) is 6.06. The summed E-state index contributed by atoms with van der Waals surface area (Å²) >= 11 is 2.70. The molecular weight excluding hydrogens is 316 g/mol. The van der Waals surface area contributed by atoms with Gasteiger partial charge in [-0.05, 0) is 18.4 Å². The van der Waals surface area contributed by atoms with Crippen molar-refractivity contribution in [2.75, 3.05) is 0 Å². The fourth-order valence-electron chi connectivity index (χ4n) is 2.12. The Balaban J connectivity index is 1.91. The Morgan fingerprint density at radius 2 is 2.00 bits per heavy atom. The van der Waals surface area contributed by atoms with Gasteiger partial charge in [0.05, 0.1) is 10.8 Å². The Bertz CT molecular complexity index is 884. The van der Waals surface area contributed by atoms with Crippen LogP contribution in [-0.2, 0) is 7.05 Å². The second-order valence-electron chi connectivity index (χ2n) is 4.88. The van der Waals surface area contributed by atoms with Crippen LogP contribution in [0.2, 0.25) is 0 Å². The zero-order valence-electron chi connectivity index (χ0n) is 12.1. The lowest BCUT2D eigenvalue weighted by Crippen LogP contribution is -2.21. The van der Waals surface area contributed by atoms with Crippen LogP contribution in [0.4, 0.5) is 0 Å². The molecule has 0 radical (unpaired) electrons. The highest BCUT2D eigenvalue weighted by Crippen LogP contribution is 2.25. The van der Waals surface area contributed by atoms with E-state index in [4.69, 9.17) is 0 Å². The Morgan fingerprint density at radius 3 is 2.73 bits per heavy atom. The lowest BCUT2D eigenvalue weighted by atomic mass is 10.1. The first kappa shape index (κ1) is 15.0. The van der Waals surface area contributed by atoms with Gasteiger partial charge < -0.3 is 0 Å². The molecule has 0 N–H and O–H groups in total. The molecule has 0 aliphatic carbocycles. The smallest absolute Gasteiger partial charge is 0.271 e. The Hall–Kier alpha value is -1.92. The minimum atomic E-state index is -0.309. The first-order valence-electron chi connectivity index (χ1n) is 6.78. The summed E-state index contributed by atoms with van der Waals surface area (Å²) in [6.07, 6.45) is 0. The van der Waals surface area contributed by atoms with E-state index in [-0.39, 0.29) is 16.6 Å². The molecule has 6 heteroatoms. The van der Waals surface area contributed by atoms with Crippen molar-refractivity contribution in [2.24, 2.45) is 7.05 Å². The van der Waals surface area contributed by atoms with Gasteiger partial charge in [0, 0.05) is 12.6 Å². The minimum Gasteiger partial charge on any atom is -0.293 e. The van der Waals surface area contributed by atoms with Gasteiger partial charge in [-0.25, -0.2) is 4.98 Å². The molecule has 1 unspecified atom stereocenters. The van der Waals surface area contributed by atoms with E-state index in [1.807, 2.05) is 36.6 Å². The van der Waals surface area contributed by atoms with Crippen LogP contribution in [0.25, 0.3) is 10.2 Å². The molecule has 3 rings (SSSR count). The maximum atomic E-state index is 12.4. The van der Waals surface area contributed by atoms with Gasteiger partial charge >= 0.3 is 0 Å². The number of Topliss-reactive ketones (excluding diaryl/α,β-unsaturated/α-hetero) is 1. The van der Waals surface area contributed by atoms with E-state index in [0.29, 0.717) is 20.9 Å². The third-order valence-electron chi connectivity index (χ3n) is 3.36. The fourth-order valence-corrected chi connectivity index (χ4v) is 3.88. The summed E-state index contributed by atoms with van der Waals surface area (Å²) in [4.78, 5) is 29.2. The molecule has 3 aromatic rings. The number of benzene rings is 1. The van der Waals surface area contributed by atoms with E-state index in [2.05, 4.69) is 4.98 Å². The van der Waals surface area contributed by atoms with Crippen molar-refractivity contribution in [1.82, 2.24) is 9.55 Å². The normalized spacial score (nSPS) is 12.5. The number of hydrogen-bond donors (Lipinski definition) is 0. The fraction of sp³-hybridized carbons (Fsp3) is 0.188. The van der Waals surface area contributed by atoms with Crippen LogP contribution >= 0.6 is 23.1 Å². The predicted octanol–water partition coefficient (Wildman–Crippen LogP) is 3.36. The third kappa shape index (κ3) is 2.71. The highest BCUT2D eigenvalue weighted by molar-refractivity contribution is 8.00. The van der Waals surface area contributed by atoms with Crippen molar-refractivity contribution in [3.63, 3.8) is 0 Å². The number of ketones is 1. The van der Waals surface area contributed by atoms with Crippen LogP contribution in [-0.4, -0.2) is 20.6 Å². The summed E-state index contributed by atoms with van der Waals surface area (Å²) in [6.45, 7) is 1.84. The van der Waals surface area contributed by atoms with Crippen LogP contribution in [0.3, 0.4) is 0 Å². The topological polar surface area (TPSA) is 52.0 Å². The second-order valence-corrected chi connectivity index (χ2v) is 7.11. The Kier molecular flexibility index (Phi) is 4.13. The van der Waals surface area contributed by atoms with Gasteiger partial charge in [-0.1, -0.05) is 42.1 Å². The van der Waals surface area contributed by atoms with Crippen molar-refractivity contribution < 1.29 is 4.79 Å². The van der Waals surface area contributed by atoms with Gasteiger partial charge in [-0.2, -0.15) is 0 Å². The molecule has 2 aromatic heterocycles. The molecule has 4 nitrogen and oxygen atoms in total. The monoisotopic (exact) mass is 330 g/mol. The first-order valence-corrected chi connectivity index (χ1v) is 8.54. The molecule has 0 aliphatic heterocycles. The number of carbonyl (C=O) groups is 1. The van der Waals surface area contributed by atoms with Crippen molar-refractivity contribution in [2.45, 2.75) is 17.3 Å². The van der Waals surface area contributed by atoms with Crippen LogP contribution in [0.1, 0.15) is 17.3 Å². The first-order chi connectivity index (χ1) is 10.6. The average molecular weight is 330 g/mol. The number of aromatic nitrogens is 2. The van der Waals surface area contributed by atoms with E-state index in [1.165, 1.54) is 27.7 Å². The highest BCUT2D eigenvalue weighted by Gasteiger charge is 2.19. The molecule has 0 spiro atoms. The zero-order valence-corrected chi connectivity index (χ0v) is 13.8. The molecule has 0 fully saturated rings. The molecule has 0 saturated carbocycles. The van der Waals surface area contributed by atoms with Gasteiger partial charge in [0.2, 0.25) is 0 Å². The van der Waals surface area contributed by atoms with Crippen molar-refractivity contribution in [3.8, 4) is 0 Å². The van der Waals surface area contributed by atoms with E-state index in [1.54, 1.807) is 19.2 Å². The summed E-state index contributed by atoms with van der Waals surface area (Å²) < 4.78 is 2.16. The van der Waals surface area contributed by atoms with Gasteiger partial charge in [0.15, 0.2) is 10.9 Å². The summed E-state index contributed by atoms with van der Waals surface area (Å²) in [7, 11) is 1.69. The highest BCUT2D eigenvalue weighted by atomic mass is 32.2. The number of fused-ring (bicyclic) bond motifs is 1. The van der Waals surface area contributed by atoms with Crippen LogP contribution < -0.4 is 5.56 Å². The summed E-state index contributed by atoms with van der Waals surface area (Å²) in [5.41, 5.74) is 1.29. The summed E-state index contributed by atoms with van der Waals surface area (Å²) in [5, 5.41) is 2.11. The van der Waals surface area contributed by atoms with E-state index < -0.39 is 0 Å². The van der Waals surface area contributed by atoms with Crippen LogP contribution in [0.15, 0.2) is 51.7 Å². The largest absolute Gasteiger partial charge is 0.293 e. The Labute approximate surface area is 135 Å². The molecule has 112 valence electrons. The van der Waals surface area contributed by atoms with Crippen molar-refractivity contribution in [1.29, 1.82) is 0 Å². The van der Waals surface area contributed by atoms with Gasteiger partial charge in [-0.15, -0.1) is 11.3 Å². The molecular formula is C16H14N2O2S2. The third-order valence-corrected chi connectivity index (χ3v) is 5.39. The number of hydrogen-bond acceptors (Lipinski definition) is 5. The SMILES string of the molecule is CC(Sc1nc2ccsc2c(=O)n1C)C(=O)c1ccccc1. The van der Waals surface area contributed by atoms with Crippen LogP contribution in [0.5, 0.6) is 0 Å². The summed E-state index contributed by atoms with van der Waals surface area (Å²) in [6, 6.07) is 11.0. The lowest BCUT2D eigenvalue weighted by Gasteiger charge is -2.12. The number of thioether (sulfide) groups is 1. The molecule has 0 bridgehead atoms. The maximum absolute atomic E-state index is 12.4. The van der Waals surface area contributed by atoms with E-state index in [9.17, 15) is 9.59 Å². The molecule has 22 heavy (non-hydrogen) atoms. The van der Waals surface area contributed by atoms with Gasteiger partial charge in [0.25, 0.3) is 5.56 Å². The zero-order chi connectivity index (χ0) is 15.7. The molecule has 1 aromatic carbocycles. The maximum Gasteiger partial charge on any atom is 0.271 e. The predicted molar refractivity (Wildman–Crippen MR) is 91.0 cm³/mol. The molecule has 0 saturated heterocycles. The van der Waals surface area contributed by atoms with Crippen molar-refractivity contribution >= 4 is 39.1 Å². The van der Waals surface area contributed by atoms with Crippen LogP contribution in [0, 0.1) is 0 Å². The minimum absolute atomic E-state index is 0.0327. The average Bonchev–Trinajstić information content (AvgIpc) is 3.01. The number of carbonyl (C=O) groups excluding carboxylic acids is 1. The van der Waals surface area contributed by atoms with E-state index in [0.717, 1.165) is 0 Å². The standard InChI is InChI=1S/C16H14N2O2S2/c1-10(13(19)11-6-4-3-5-7-11)22-16-17-12-8-9-21-14(12)15(20)18(16)2/h3-10H,1-2H3. The lowest BCUT2D eigenvalue weighted by molar-refractivity contribution is 0.0994. The molecule has 2 heterocycles. The number of rotatable bonds is 4. The molecule has 0 aliphatic rings. The van der Waals surface area contributed by atoms with Gasteiger partial charge in [-0.3, -0.25) is 14.2 Å². The van der Waals surface area contributed by atoms with Crippen molar-refractivity contribution in [3.05, 3.63) is 57.7 Å². The van der Waals surface area contributed by atoms with Gasteiger partial charge in [0.1, 0.15) is 4.70 Å². The summed E-state index contributed by atoms with van der Waals surface area (Å²) in [5.74, 6) is 0.0327. The quantitative estimate of drug-likeness (QED) is 0.418.